The number of imidazole rings is 1. The summed E-state index contributed by atoms with van der Waals surface area (Å²) < 4.78 is 21.2. The maximum absolute atomic E-state index is 13.6. The second-order valence-corrected chi connectivity index (χ2v) is 10.9. The molecule has 1 atom stereocenters. The SMILES string of the molecule is CN1CCN(c2ccc(Nc3ncc4nc(S(=O)c5ccccc5)n(C5CCOCC5)c4n3)cc2)CC1. The average Bonchev–Trinajstić information content (AvgIpc) is 3.33. The zero-order valence-corrected chi connectivity index (χ0v) is 21.7. The van der Waals surface area contributed by atoms with Crippen LogP contribution < -0.4 is 10.2 Å². The lowest BCUT2D eigenvalue weighted by molar-refractivity contribution is 0.0682. The maximum atomic E-state index is 13.6. The van der Waals surface area contributed by atoms with Gasteiger partial charge in [-0.25, -0.2) is 14.2 Å². The van der Waals surface area contributed by atoms with Crippen LogP contribution in [0.3, 0.4) is 0 Å². The molecule has 37 heavy (non-hydrogen) atoms. The van der Waals surface area contributed by atoms with Crippen molar-refractivity contribution in [3.8, 4) is 0 Å². The van der Waals surface area contributed by atoms with Crippen molar-refractivity contribution in [2.45, 2.75) is 28.9 Å². The Morgan fingerprint density at radius 2 is 1.68 bits per heavy atom. The Morgan fingerprint density at radius 1 is 0.946 bits per heavy atom. The number of hydrogen-bond acceptors (Lipinski definition) is 8. The number of likely N-dealkylation sites (N-methyl/N-ethyl adjacent to an activating group) is 1. The van der Waals surface area contributed by atoms with Gasteiger partial charge in [0.15, 0.2) is 5.65 Å². The van der Waals surface area contributed by atoms with E-state index in [4.69, 9.17) is 14.7 Å². The lowest BCUT2D eigenvalue weighted by Crippen LogP contribution is -2.44. The van der Waals surface area contributed by atoms with E-state index < -0.39 is 10.8 Å². The zero-order valence-electron chi connectivity index (χ0n) is 20.9. The fourth-order valence-corrected chi connectivity index (χ4v) is 6.14. The average molecular weight is 518 g/mol. The largest absolute Gasteiger partial charge is 0.381 e. The minimum Gasteiger partial charge on any atom is -0.381 e. The van der Waals surface area contributed by atoms with Crippen LogP contribution in [-0.4, -0.2) is 75.1 Å². The Kier molecular flexibility index (Phi) is 6.86. The van der Waals surface area contributed by atoms with Crippen molar-refractivity contribution in [2.24, 2.45) is 0 Å². The van der Waals surface area contributed by atoms with Gasteiger partial charge in [-0.3, -0.25) is 4.57 Å². The molecule has 0 saturated carbocycles. The number of anilines is 3. The monoisotopic (exact) mass is 517 g/mol. The first-order valence-corrected chi connectivity index (χ1v) is 13.9. The highest BCUT2D eigenvalue weighted by molar-refractivity contribution is 7.85. The molecule has 9 nitrogen and oxygen atoms in total. The minimum absolute atomic E-state index is 0.118. The van der Waals surface area contributed by atoms with Gasteiger partial charge in [-0.2, -0.15) is 4.98 Å². The Hall–Kier alpha value is -3.34. The number of nitrogens with zero attached hydrogens (tertiary/aromatic N) is 6. The highest BCUT2D eigenvalue weighted by atomic mass is 32.2. The van der Waals surface area contributed by atoms with Crippen molar-refractivity contribution in [2.75, 3.05) is 56.7 Å². The number of benzene rings is 2. The Labute approximate surface area is 219 Å². The summed E-state index contributed by atoms with van der Waals surface area (Å²) in [5, 5.41) is 3.85. The number of ether oxygens (including phenoxy) is 1. The van der Waals surface area contributed by atoms with E-state index in [2.05, 4.69) is 51.4 Å². The fourth-order valence-electron chi connectivity index (χ4n) is 4.93. The summed E-state index contributed by atoms with van der Waals surface area (Å²) in [6, 6.07) is 18.0. The van der Waals surface area contributed by atoms with E-state index in [-0.39, 0.29) is 6.04 Å². The van der Waals surface area contributed by atoms with Gasteiger partial charge in [0.1, 0.15) is 16.3 Å². The smallest absolute Gasteiger partial charge is 0.229 e. The molecule has 0 spiro atoms. The van der Waals surface area contributed by atoms with E-state index in [9.17, 15) is 4.21 Å². The van der Waals surface area contributed by atoms with Crippen LogP contribution >= 0.6 is 0 Å². The topological polar surface area (TPSA) is 88.4 Å². The Morgan fingerprint density at radius 3 is 2.41 bits per heavy atom. The van der Waals surface area contributed by atoms with E-state index in [1.165, 1.54) is 5.69 Å². The van der Waals surface area contributed by atoms with Gasteiger partial charge in [0.2, 0.25) is 11.1 Å². The normalized spacial score (nSPS) is 18.2. The molecule has 1 N–H and O–H groups in total. The summed E-state index contributed by atoms with van der Waals surface area (Å²) in [4.78, 5) is 19.6. The second-order valence-electron chi connectivity index (χ2n) is 9.55. The third-order valence-electron chi connectivity index (χ3n) is 7.07. The quantitative estimate of drug-likeness (QED) is 0.413. The summed E-state index contributed by atoms with van der Waals surface area (Å²) in [5.41, 5.74) is 3.47. The molecule has 2 saturated heterocycles. The highest BCUT2D eigenvalue weighted by Gasteiger charge is 2.26. The molecule has 0 aliphatic carbocycles. The van der Waals surface area contributed by atoms with Gasteiger partial charge in [-0.05, 0) is 56.3 Å². The maximum Gasteiger partial charge on any atom is 0.229 e. The molecule has 2 aromatic heterocycles. The molecule has 6 rings (SSSR count). The number of hydrogen-bond donors (Lipinski definition) is 1. The molecule has 2 fully saturated rings. The highest BCUT2D eigenvalue weighted by Crippen LogP contribution is 2.31. The zero-order chi connectivity index (χ0) is 25.2. The molecule has 2 aliphatic heterocycles. The molecule has 2 aliphatic rings. The van der Waals surface area contributed by atoms with Gasteiger partial charge in [-0.1, -0.05) is 18.2 Å². The molecule has 10 heteroatoms. The van der Waals surface area contributed by atoms with Crippen molar-refractivity contribution in [1.82, 2.24) is 24.4 Å². The molecule has 192 valence electrons. The first-order valence-electron chi connectivity index (χ1n) is 12.8. The Bertz CT molecular complexity index is 1380. The number of nitrogens with one attached hydrogen (secondary N) is 1. The molecule has 4 heterocycles. The van der Waals surface area contributed by atoms with Crippen LogP contribution in [0, 0.1) is 0 Å². The van der Waals surface area contributed by atoms with Crippen molar-refractivity contribution in [1.29, 1.82) is 0 Å². The summed E-state index contributed by atoms with van der Waals surface area (Å²) in [5.74, 6) is 0.491. The van der Waals surface area contributed by atoms with E-state index in [0.29, 0.717) is 35.5 Å². The van der Waals surface area contributed by atoms with Crippen LogP contribution in [0.15, 0.2) is 70.8 Å². The molecule has 0 amide bonds. The van der Waals surface area contributed by atoms with Crippen LogP contribution in [0.5, 0.6) is 0 Å². The van der Waals surface area contributed by atoms with Crippen LogP contribution in [0.25, 0.3) is 11.2 Å². The van der Waals surface area contributed by atoms with Gasteiger partial charge >= 0.3 is 0 Å². The lowest BCUT2D eigenvalue weighted by Gasteiger charge is -2.34. The van der Waals surface area contributed by atoms with Crippen molar-refractivity contribution in [3.05, 3.63) is 60.8 Å². The molecule has 0 radical (unpaired) electrons. The molecule has 4 aromatic rings. The van der Waals surface area contributed by atoms with Crippen LogP contribution in [-0.2, 0) is 15.5 Å². The molecule has 1 unspecified atom stereocenters. The molecule has 2 aromatic carbocycles. The van der Waals surface area contributed by atoms with E-state index in [0.717, 1.165) is 49.6 Å². The van der Waals surface area contributed by atoms with Crippen molar-refractivity contribution in [3.63, 3.8) is 0 Å². The van der Waals surface area contributed by atoms with Crippen LogP contribution in [0.4, 0.5) is 17.3 Å². The number of aromatic nitrogens is 4. The van der Waals surface area contributed by atoms with E-state index in [1.807, 2.05) is 34.9 Å². The summed E-state index contributed by atoms with van der Waals surface area (Å²) >= 11 is 0. The van der Waals surface area contributed by atoms with Gasteiger partial charge in [0.25, 0.3) is 0 Å². The molecule has 0 bridgehead atoms. The fraction of sp³-hybridized carbons (Fsp3) is 0.370. The third kappa shape index (κ3) is 5.09. The third-order valence-corrected chi connectivity index (χ3v) is 8.39. The Balaban J connectivity index is 1.30. The van der Waals surface area contributed by atoms with Crippen molar-refractivity contribution >= 4 is 39.3 Å². The van der Waals surface area contributed by atoms with Crippen molar-refractivity contribution < 1.29 is 8.95 Å². The second kappa shape index (κ2) is 10.6. The predicted octanol–water partition coefficient (Wildman–Crippen LogP) is 3.84. The summed E-state index contributed by atoms with van der Waals surface area (Å²) in [6.45, 7) is 5.55. The summed E-state index contributed by atoms with van der Waals surface area (Å²) in [6.07, 6.45) is 3.36. The van der Waals surface area contributed by atoms with E-state index >= 15 is 0 Å². The number of rotatable bonds is 6. The predicted molar refractivity (Wildman–Crippen MR) is 145 cm³/mol. The van der Waals surface area contributed by atoms with E-state index in [1.54, 1.807) is 6.20 Å². The minimum atomic E-state index is -1.43. The first kappa shape index (κ1) is 24.0. The van der Waals surface area contributed by atoms with Gasteiger partial charge < -0.3 is 19.9 Å². The van der Waals surface area contributed by atoms with Crippen LogP contribution in [0.1, 0.15) is 18.9 Å². The first-order chi connectivity index (χ1) is 18.2. The van der Waals surface area contributed by atoms with Gasteiger partial charge in [0.05, 0.1) is 6.20 Å². The van der Waals surface area contributed by atoms with Crippen LogP contribution in [0.2, 0.25) is 0 Å². The number of fused-ring (bicyclic) bond motifs is 1. The summed E-state index contributed by atoms with van der Waals surface area (Å²) in [7, 11) is 0.735. The molecular weight excluding hydrogens is 486 g/mol. The lowest BCUT2D eigenvalue weighted by atomic mass is 10.1. The van der Waals surface area contributed by atoms with Gasteiger partial charge in [0, 0.05) is 61.7 Å². The number of piperazine rings is 1. The standard InChI is InChI=1S/C27H31N7O2S/c1-32-13-15-33(16-14-32)21-9-7-20(8-10-21)29-26-28-19-24-25(31-26)34(22-11-17-36-18-12-22)27(30-24)37(35)23-5-3-2-4-6-23/h2-10,19,22H,11-18H2,1H3,(H,28,29,31). The molecular formula is C27H31N7O2S. The van der Waals surface area contributed by atoms with Gasteiger partial charge in [-0.15, -0.1) is 0 Å².